The van der Waals surface area contributed by atoms with Gasteiger partial charge < -0.3 is 15.5 Å². The fourth-order valence-corrected chi connectivity index (χ4v) is 2.61. The Hall–Kier alpha value is -1.37. The molecule has 2 aromatic heterocycles. The van der Waals surface area contributed by atoms with E-state index in [-0.39, 0.29) is 18.3 Å². The average molecular weight is 330 g/mol. The molecule has 0 bridgehead atoms. The lowest BCUT2D eigenvalue weighted by Gasteiger charge is -2.13. The van der Waals surface area contributed by atoms with E-state index in [1.807, 2.05) is 31.4 Å². The Morgan fingerprint density at radius 3 is 2.90 bits per heavy atom. The van der Waals surface area contributed by atoms with Gasteiger partial charge in [-0.25, -0.2) is 4.98 Å². The van der Waals surface area contributed by atoms with E-state index < -0.39 is 6.04 Å². The van der Waals surface area contributed by atoms with E-state index >= 15 is 0 Å². The van der Waals surface area contributed by atoms with E-state index in [0.29, 0.717) is 18.9 Å². The summed E-state index contributed by atoms with van der Waals surface area (Å²) in [5.41, 5.74) is 6.63. The molecule has 7 heteroatoms. The minimum absolute atomic E-state index is 0. The molecule has 0 unspecified atom stereocenters. The Kier molecular flexibility index (Phi) is 6.87. The molecule has 1 amide bonds. The monoisotopic (exact) mass is 329 g/mol. The van der Waals surface area contributed by atoms with E-state index in [0.717, 1.165) is 16.5 Å². The second-order valence-electron chi connectivity index (χ2n) is 5.08. The van der Waals surface area contributed by atoms with Gasteiger partial charge in [0.2, 0.25) is 5.91 Å². The number of carbonyl (C=O) groups excluding carboxylic acids is 1. The van der Waals surface area contributed by atoms with E-state index in [1.165, 1.54) is 11.3 Å². The molecule has 0 aliphatic rings. The maximum Gasteiger partial charge on any atom is 0.237 e. The summed E-state index contributed by atoms with van der Waals surface area (Å²) in [6.45, 7) is 4.48. The molecule has 2 rings (SSSR count). The Morgan fingerprint density at radius 2 is 2.29 bits per heavy atom. The van der Waals surface area contributed by atoms with Crippen LogP contribution >= 0.6 is 23.7 Å². The van der Waals surface area contributed by atoms with Gasteiger partial charge in [-0.1, -0.05) is 13.8 Å². The summed E-state index contributed by atoms with van der Waals surface area (Å²) < 4.78 is 5.28. The summed E-state index contributed by atoms with van der Waals surface area (Å²) >= 11 is 1.49. The standard InChI is InChI=1S/C14H19N3O2S.ClH/c1-9(2)6-11(15)13(18)16-7-10-8-20-14(17-10)12-4-3-5-19-12;/h3-5,8-9,11H,6-7,15H2,1-2H3,(H,16,18);1H/t11-;/m0./s1. The number of carbonyl (C=O) groups is 1. The summed E-state index contributed by atoms with van der Waals surface area (Å²) in [6.07, 6.45) is 2.30. The summed E-state index contributed by atoms with van der Waals surface area (Å²) in [7, 11) is 0. The summed E-state index contributed by atoms with van der Waals surface area (Å²) in [6, 6.07) is 3.22. The number of nitrogens with one attached hydrogen (secondary N) is 1. The number of hydrogen-bond acceptors (Lipinski definition) is 5. The number of aromatic nitrogens is 1. The first-order valence-corrected chi connectivity index (χ1v) is 7.45. The van der Waals surface area contributed by atoms with Crippen molar-refractivity contribution in [3.8, 4) is 10.8 Å². The van der Waals surface area contributed by atoms with Crippen molar-refractivity contribution in [3.63, 3.8) is 0 Å². The van der Waals surface area contributed by atoms with E-state index in [9.17, 15) is 4.79 Å². The van der Waals surface area contributed by atoms with E-state index in [4.69, 9.17) is 10.2 Å². The quantitative estimate of drug-likeness (QED) is 0.853. The van der Waals surface area contributed by atoms with Gasteiger partial charge in [0.1, 0.15) is 0 Å². The number of nitrogens with zero attached hydrogens (tertiary/aromatic N) is 1. The number of furan rings is 1. The van der Waals surface area contributed by atoms with Crippen molar-refractivity contribution in [2.24, 2.45) is 11.7 Å². The second kappa shape index (κ2) is 8.17. The third-order valence-electron chi connectivity index (χ3n) is 2.79. The molecule has 0 saturated carbocycles. The van der Waals surface area contributed by atoms with Gasteiger partial charge in [0.25, 0.3) is 0 Å². The fourth-order valence-electron chi connectivity index (χ4n) is 1.83. The van der Waals surface area contributed by atoms with Crippen LogP contribution in [-0.4, -0.2) is 16.9 Å². The van der Waals surface area contributed by atoms with E-state index in [2.05, 4.69) is 10.3 Å². The van der Waals surface area contributed by atoms with Crippen LogP contribution in [0.25, 0.3) is 10.8 Å². The molecule has 0 aromatic carbocycles. The van der Waals surface area contributed by atoms with Crippen LogP contribution in [0.5, 0.6) is 0 Å². The first-order valence-electron chi connectivity index (χ1n) is 6.58. The van der Waals surface area contributed by atoms with Gasteiger partial charge >= 0.3 is 0 Å². The van der Waals surface area contributed by atoms with Crippen molar-refractivity contribution >= 4 is 29.7 Å². The largest absolute Gasteiger partial charge is 0.462 e. The zero-order chi connectivity index (χ0) is 14.5. The minimum Gasteiger partial charge on any atom is -0.462 e. The Labute approximate surface area is 134 Å². The molecule has 116 valence electrons. The van der Waals surface area contributed by atoms with Crippen molar-refractivity contribution in [1.82, 2.24) is 10.3 Å². The molecule has 0 saturated heterocycles. The highest BCUT2D eigenvalue weighted by molar-refractivity contribution is 7.13. The third-order valence-corrected chi connectivity index (χ3v) is 3.70. The van der Waals surface area contributed by atoms with Crippen LogP contribution in [0.15, 0.2) is 28.2 Å². The normalized spacial score (nSPS) is 12.0. The average Bonchev–Trinajstić information content (AvgIpc) is 3.05. The van der Waals surface area contributed by atoms with Gasteiger partial charge in [-0.05, 0) is 24.5 Å². The lowest BCUT2D eigenvalue weighted by molar-refractivity contribution is -0.122. The number of hydrogen-bond donors (Lipinski definition) is 2. The van der Waals surface area contributed by atoms with Gasteiger partial charge in [0.15, 0.2) is 10.8 Å². The van der Waals surface area contributed by atoms with Crippen molar-refractivity contribution in [1.29, 1.82) is 0 Å². The molecule has 0 spiro atoms. The van der Waals surface area contributed by atoms with Crippen LogP contribution in [0, 0.1) is 5.92 Å². The number of thiazole rings is 1. The van der Waals surface area contributed by atoms with Gasteiger partial charge in [-0.15, -0.1) is 23.7 Å². The van der Waals surface area contributed by atoms with Crippen molar-refractivity contribution in [2.75, 3.05) is 0 Å². The minimum atomic E-state index is -0.460. The Balaban J connectivity index is 0.00000220. The highest BCUT2D eigenvalue weighted by Gasteiger charge is 2.15. The maximum atomic E-state index is 11.8. The summed E-state index contributed by atoms with van der Waals surface area (Å²) in [5, 5.41) is 5.53. The molecule has 0 aliphatic carbocycles. The number of halogens is 1. The highest BCUT2D eigenvalue weighted by Crippen LogP contribution is 2.23. The SMILES string of the molecule is CC(C)C[C@H](N)C(=O)NCc1csc(-c2ccco2)n1.Cl. The van der Waals surface area contributed by atoms with Gasteiger partial charge in [0, 0.05) is 5.38 Å². The molecule has 2 heterocycles. The Morgan fingerprint density at radius 1 is 1.52 bits per heavy atom. The summed E-state index contributed by atoms with van der Waals surface area (Å²) in [5.74, 6) is 1.01. The predicted octanol–water partition coefficient (Wildman–Crippen LogP) is 2.81. The zero-order valence-corrected chi connectivity index (χ0v) is 13.7. The molecule has 0 radical (unpaired) electrons. The Bertz CT molecular complexity index is 554. The topological polar surface area (TPSA) is 81.2 Å². The summed E-state index contributed by atoms with van der Waals surface area (Å²) in [4.78, 5) is 16.2. The molecule has 2 aromatic rings. The fraction of sp³-hybridized carbons (Fsp3) is 0.429. The number of rotatable bonds is 6. The van der Waals surface area contributed by atoms with Crippen LogP contribution in [-0.2, 0) is 11.3 Å². The van der Waals surface area contributed by atoms with Gasteiger partial charge in [-0.3, -0.25) is 4.79 Å². The molecule has 21 heavy (non-hydrogen) atoms. The van der Waals surface area contributed by atoms with Gasteiger partial charge in [0.05, 0.1) is 24.5 Å². The molecular formula is C14H20ClN3O2S. The third kappa shape index (κ3) is 5.15. The lowest BCUT2D eigenvalue weighted by Crippen LogP contribution is -2.41. The molecule has 0 fully saturated rings. The molecule has 1 atom stereocenters. The molecule has 0 aliphatic heterocycles. The van der Waals surface area contributed by atoms with Crippen molar-refractivity contribution in [3.05, 3.63) is 29.5 Å². The van der Waals surface area contributed by atoms with Gasteiger partial charge in [-0.2, -0.15) is 0 Å². The molecule has 3 N–H and O–H groups in total. The van der Waals surface area contributed by atoms with Crippen molar-refractivity contribution in [2.45, 2.75) is 32.9 Å². The van der Waals surface area contributed by atoms with Crippen molar-refractivity contribution < 1.29 is 9.21 Å². The molecule has 5 nitrogen and oxygen atoms in total. The van der Waals surface area contributed by atoms with Crippen LogP contribution in [0.3, 0.4) is 0 Å². The zero-order valence-electron chi connectivity index (χ0n) is 12.0. The van der Waals surface area contributed by atoms with Crippen LogP contribution in [0.2, 0.25) is 0 Å². The molecular weight excluding hydrogens is 310 g/mol. The first kappa shape index (κ1) is 17.7. The smallest absolute Gasteiger partial charge is 0.237 e. The van der Waals surface area contributed by atoms with Crippen LogP contribution in [0.4, 0.5) is 0 Å². The van der Waals surface area contributed by atoms with Crippen LogP contribution < -0.4 is 11.1 Å². The second-order valence-corrected chi connectivity index (χ2v) is 5.93. The van der Waals surface area contributed by atoms with Crippen LogP contribution in [0.1, 0.15) is 26.0 Å². The number of nitrogens with two attached hydrogens (primary N) is 1. The number of amides is 1. The highest BCUT2D eigenvalue weighted by atomic mass is 35.5. The first-order chi connectivity index (χ1) is 9.56. The lowest BCUT2D eigenvalue weighted by atomic mass is 10.0. The van der Waals surface area contributed by atoms with E-state index in [1.54, 1.807) is 6.26 Å². The predicted molar refractivity (Wildman–Crippen MR) is 86.3 cm³/mol. The maximum absolute atomic E-state index is 11.8.